The van der Waals surface area contributed by atoms with Gasteiger partial charge in [0, 0.05) is 44.7 Å². The van der Waals surface area contributed by atoms with Crippen LogP contribution in [0.25, 0.3) is 10.9 Å². The molecule has 23 heavy (non-hydrogen) atoms. The summed E-state index contributed by atoms with van der Waals surface area (Å²) in [5, 5.41) is 1.16. The highest BCUT2D eigenvalue weighted by Gasteiger charge is 2.19. The first-order valence-corrected chi connectivity index (χ1v) is 8.71. The highest BCUT2D eigenvalue weighted by Crippen LogP contribution is 2.23. The molecule has 0 atom stereocenters. The Kier molecular flexibility index (Phi) is 5.41. The summed E-state index contributed by atoms with van der Waals surface area (Å²) in [5.74, 6) is 1.08. The standard InChI is InChI=1S/C18H27N5/c1-3-21(4-2)9-10-22-11-13-23(14-12-22)18-16-7-5-6-8-17(16)19-15-20-18/h5-8,15H,3-4,9-14H2,1-2H3. The first-order chi connectivity index (χ1) is 11.3. The molecule has 5 heteroatoms. The van der Waals surface area contributed by atoms with Crippen molar-refractivity contribution in [3.8, 4) is 0 Å². The average molecular weight is 313 g/mol. The van der Waals surface area contributed by atoms with Gasteiger partial charge in [0.1, 0.15) is 12.1 Å². The molecule has 1 aliphatic rings. The predicted molar refractivity (Wildman–Crippen MR) is 96.0 cm³/mol. The normalized spacial score (nSPS) is 16.4. The molecule has 1 saturated heterocycles. The van der Waals surface area contributed by atoms with Gasteiger partial charge in [-0.15, -0.1) is 0 Å². The van der Waals surface area contributed by atoms with Crippen LogP contribution in [0.15, 0.2) is 30.6 Å². The fourth-order valence-corrected chi connectivity index (χ4v) is 3.25. The van der Waals surface area contributed by atoms with Crippen LogP contribution >= 0.6 is 0 Å². The molecule has 124 valence electrons. The van der Waals surface area contributed by atoms with E-state index in [9.17, 15) is 0 Å². The maximum absolute atomic E-state index is 4.54. The van der Waals surface area contributed by atoms with Crippen LogP contribution in [0.4, 0.5) is 5.82 Å². The van der Waals surface area contributed by atoms with Crippen molar-refractivity contribution in [1.82, 2.24) is 19.8 Å². The van der Waals surface area contributed by atoms with Crippen molar-refractivity contribution in [3.05, 3.63) is 30.6 Å². The molecule has 1 fully saturated rings. The van der Waals surface area contributed by atoms with Crippen molar-refractivity contribution in [2.75, 3.05) is 57.3 Å². The Morgan fingerprint density at radius 2 is 1.74 bits per heavy atom. The summed E-state index contributed by atoms with van der Waals surface area (Å²) in [6.45, 7) is 13.4. The van der Waals surface area contributed by atoms with E-state index in [1.807, 2.05) is 6.07 Å². The van der Waals surface area contributed by atoms with Crippen molar-refractivity contribution < 1.29 is 0 Å². The van der Waals surface area contributed by atoms with E-state index in [1.165, 1.54) is 13.1 Å². The summed E-state index contributed by atoms with van der Waals surface area (Å²) in [4.78, 5) is 16.4. The molecule has 3 rings (SSSR count). The Hall–Kier alpha value is -1.72. The van der Waals surface area contributed by atoms with Crippen LogP contribution in [0.1, 0.15) is 13.8 Å². The van der Waals surface area contributed by atoms with Gasteiger partial charge in [-0.3, -0.25) is 4.90 Å². The van der Waals surface area contributed by atoms with Gasteiger partial charge < -0.3 is 9.80 Å². The van der Waals surface area contributed by atoms with E-state index in [-0.39, 0.29) is 0 Å². The van der Waals surface area contributed by atoms with Gasteiger partial charge in [0.05, 0.1) is 5.52 Å². The van der Waals surface area contributed by atoms with E-state index >= 15 is 0 Å². The van der Waals surface area contributed by atoms with Crippen LogP contribution < -0.4 is 4.90 Å². The summed E-state index contributed by atoms with van der Waals surface area (Å²) >= 11 is 0. The zero-order valence-corrected chi connectivity index (χ0v) is 14.3. The average Bonchev–Trinajstić information content (AvgIpc) is 2.63. The molecule has 0 spiro atoms. The fourth-order valence-electron chi connectivity index (χ4n) is 3.25. The second-order valence-electron chi connectivity index (χ2n) is 6.07. The van der Waals surface area contributed by atoms with Crippen LogP contribution in [0.5, 0.6) is 0 Å². The third-order valence-corrected chi connectivity index (χ3v) is 4.82. The molecule has 0 N–H and O–H groups in total. The lowest BCUT2D eigenvalue weighted by atomic mass is 10.2. The minimum Gasteiger partial charge on any atom is -0.353 e. The van der Waals surface area contributed by atoms with Crippen LogP contribution in [-0.2, 0) is 0 Å². The Morgan fingerprint density at radius 1 is 1.00 bits per heavy atom. The van der Waals surface area contributed by atoms with Gasteiger partial charge in [-0.1, -0.05) is 26.0 Å². The fraction of sp³-hybridized carbons (Fsp3) is 0.556. The van der Waals surface area contributed by atoms with Crippen LogP contribution in [0, 0.1) is 0 Å². The number of para-hydroxylation sites is 1. The van der Waals surface area contributed by atoms with Crippen molar-refractivity contribution in [3.63, 3.8) is 0 Å². The molecular formula is C18H27N5. The highest BCUT2D eigenvalue weighted by atomic mass is 15.3. The number of hydrogen-bond donors (Lipinski definition) is 0. The number of anilines is 1. The Morgan fingerprint density at radius 3 is 2.48 bits per heavy atom. The number of hydrogen-bond acceptors (Lipinski definition) is 5. The minimum absolute atomic E-state index is 1.03. The molecule has 5 nitrogen and oxygen atoms in total. The van der Waals surface area contributed by atoms with Crippen LogP contribution in [0.3, 0.4) is 0 Å². The summed E-state index contributed by atoms with van der Waals surface area (Å²) in [6, 6.07) is 8.28. The first kappa shape index (κ1) is 16.1. The monoisotopic (exact) mass is 313 g/mol. The van der Waals surface area contributed by atoms with Gasteiger partial charge in [0.2, 0.25) is 0 Å². The first-order valence-electron chi connectivity index (χ1n) is 8.71. The lowest BCUT2D eigenvalue weighted by Crippen LogP contribution is -2.48. The number of nitrogens with zero attached hydrogens (tertiary/aromatic N) is 5. The van der Waals surface area contributed by atoms with Gasteiger partial charge >= 0.3 is 0 Å². The molecule has 0 amide bonds. The lowest BCUT2D eigenvalue weighted by Gasteiger charge is -2.36. The number of likely N-dealkylation sites (N-methyl/N-ethyl adjacent to an activating group) is 1. The number of piperazine rings is 1. The number of benzene rings is 1. The summed E-state index contributed by atoms with van der Waals surface area (Å²) < 4.78 is 0. The second-order valence-corrected chi connectivity index (χ2v) is 6.07. The van der Waals surface area contributed by atoms with E-state index in [2.05, 4.69) is 56.7 Å². The van der Waals surface area contributed by atoms with Gasteiger partial charge in [-0.05, 0) is 25.2 Å². The van der Waals surface area contributed by atoms with Crippen LogP contribution in [-0.4, -0.2) is 72.1 Å². The predicted octanol–water partition coefficient (Wildman–Crippen LogP) is 2.09. The molecule has 1 aromatic carbocycles. The summed E-state index contributed by atoms with van der Waals surface area (Å²) in [5.41, 5.74) is 1.03. The maximum atomic E-state index is 4.54. The Labute approximate surface area is 138 Å². The number of fused-ring (bicyclic) bond motifs is 1. The van der Waals surface area contributed by atoms with E-state index < -0.39 is 0 Å². The van der Waals surface area contributed by atoms with Crippen molar-refractivity contribution in [2.45, 2.75) is 13.8 Å². The quantitative estimate of drug-likeness (QED) is 0.816. The Bertz CT molecular complexity index is 612. The maximum Gasteiger partial charge on any atom is 0.139 e. The molecule has 2 aromatic rings. The third kappa shape index (κ3) is 3.79. The summed E-state index contributed by atoms with van der Waals surface area (Å²) in [6.07, 6.45) is 1.68. The Balaban J connectivity index is 1.60. The van der Waals surface area contributed by atoms with E-state index in [1.54, 1.807) is 6.33 Å². The van der Waals surface area contributed by atoms with Crippen molar-refractivity contribution in [2.24, 2.45) is 0 Å². The smallest absolute Gasteiger partial charge is 0.139 e. The van der Waals surface area contributed by atoms with E-state index in [0.717, 1.165) is 56.0 Å². The van der Waals surface area contributed by atoms with Crippen molar-refractivity contribution >= 4 is 16.7 Å². The highest BCUT2D eigenvalue weighted by molar-refractivity contribution is 5.89. The lowest BCUT2D eigenvalue weighted by molar-refractivity contribution is 0.206. The molecule has 0 unspecified atom stereocenters. The number of aromatic nitrogens is 2. The van der Waals surface area contributed by atoms with Gasteiger partial charge in [0.15, 0.2) is 0 Å². The molecule has 1 aromatic heterocycles. The summed E-state index contributed by atoms with van der Waals surface area (Å²) in [7, 11) is 0. The van der Waals surface area contributed by atoms with Gasteiger partial charge in [-0.2, -0.15) is 0 Å². The molecule has 0 aliphatic carbocycles. The zero-order chi connectivity index (χ0) is 16.1. The molecule has 0 saturated carbocycles. The second kappa shape index (κ2) is 7.70. The minimum atomic E-state index is 1.03. The third-order valence-electron chi connectivity index (χ3n) is 4.82. The largest absolute Gasteiger partial charge is 0.353 e. The van der Waals surface area contributed by atoms with Gasteiger partial charge in [-0.25, -0.2) is 9.97 Å². The zero-order valence-electron chi connectivity index (χ0n) is 14.3. The van der Waals surface area contributed by atoms with E-state index in [4.69, 9.17) is 0 Å². The van der Waals surface area contributed by atoms with Crippen LogP contribution in [0.2, 0.25) is 0 Å². The van der Waals surface area contributed by atoms with Gasteiger partial charge in [0.25, 0.3) is 0 Å². The topological polar surface area (TPSA) is 35.5 Å². The molecule has 0 radical (unpaired) electrons. The van der Waals surface area contributed by atoms with Crippen molar-refractivity contribution in [1.29, 1.82) is 0 Å². The molecule has 2 heterocycles. The number of rotatable bonds is 6. The molecule has 0 bridgehead atoms. The molecular weight excluding hydrogens is 286 g/mol. The molecule has 1 aliphatic heterocycles. The SMILES string of the molecule is CCN(CC)CCN1CCN(c2ncnc3ccccc23)CC1. The van der Waals surface area contributed by atoms with E-state index in [0.29, 0.717) is 0 Å².